The maximum atomic E-state index is 12.9. The number of hydrogen-bond donors (Lipinski definition) is 1. The molecule has 8 nitrogen and oxygen atoms in total. The minimum Gasteiger partial charge on any atom is -0.471 e. The van der Waals surface area contributed by atoms with E-state index in [1.165, 1.54) is 0 Å². The number of thiocarbonyl (C=S) groups is 1. The van der Waals surface area contributed by atoms with Crippen molar-refractivity contribution in [2.75, 3.05) is 42.6 Å². The Morgan fingerprint density at radius 3 is 2.44 bits per heavy atom. The fraction of sp³-hybridized carbons (Fsp3) is 0.348. The number of rotatable bonds is 7. The third-order valence-corrected chi connectivity index (χ3v) is 5.67. The fourth-order valence-electron chi connectivity index (χ4n) is 3.80. The third kappa shape index (κ3) is 4.94. The van der Waals surface area contributed by atoms with Gasteiger partial charge in [-0.15, -0.1) is 0 Å². The number of cyclic esters (lactones) is 1. The summed E-state index contributed by atoms with van der Waals surface area (Å²) in [4.78, 5) is 30.3. The van der Waals surface area contributed by atoms with Crippen molar-refractivity contribution in [3.63, 3.8) is 0 Å². The van der Waals surface area contributed by atoms with E-state index in [1.807, 2.05) is 66.4 Å². The number of carbonyl (C=O) groups is 2. The molecule has 2 heterocycles. The van der Waals surface area contributed by atoms with Gasteiger partial charge in [0.15, 0.2) is 0 Å². The lowest BCUT2D eigenvalue weighted by Gasteiger charge is -2.20. The summed E-state index contributed by atoms with van der Waals surface area (Å²) in [6.45, 7) is 5.03. The zero-order chi connectivity index (χ0) is 22.5. The number of nitrogens with zero attached hydrogens (tertiary/aromatic N) is 3. The van der Waals surface area contributed by atoms with E-state index in [4.69, 9.17) is 21.7 Å². The van der Waals surface area contributed by atoms with E-state index in [1.54, 1.807) is 9.80 Å². The van der Waals surface area contributed by atoms with Crippen LogP contribution in [0.1, 0.15) is 12.5 Å². The van der Waals surface area contributed by atoms with Gasteiger partial charge in [0.2, 0.25) is 0 Å². The van der Waals surface area contributed by atoms with Crippen LogP contribution < -0.4 is 15.1 Å². The van der Waals surface area contributed by atoms with Crippen molar-refractivity contribution in [2.45, 2.75) is 19.6 Å². The molecule has 0 radical (unpaired) electrons. The van der Waals surface area contributed by atoms with Gasteiger partial charge in [0, 0.05) is 31.0 Å². The molecule has 0 unspecified atom stereocenters. The molecule has 0 bridgehead atoms. The standard InChI is InChI=1S/C23H26N4O4S/c1-2-30-21(32)24-14-20-16-27(23(29)31-20)19-10-8-18(9-11-19)26-13-12-25(22(26)28)15-17-6-4-3-5-7-17/h3-11,20H,2,12-16H2,1H3,(H,24,32)/t20-/m0/s1. The summed E-state index contributed by atoms with van der Waals surface area (Å²) in [5.74, 6) is 0. The van der Waals surface area contributed by atoms with E-state index in [0.717, 1.165) is 16.9 Å². The first-order chi connectivity index (χ1) is 15.5. The summed E-state index contributed by atoms with van der Waals surface area (Å²) in [5, 5.41) is 3.24. The monoisotopic (exact) mass is 454 g/mol. The van der Waals surface area contributed by atoms with Crippen LogP contribution in [0.25, 0.3) is 0 Å². The molecule has 9 heteroatoms. The summed E-state index contributed by atoms with van der Waals surface area (Å²) in [6.07, 6.45) is -0.731. The van der Waals surface area contributed by atoms with Crippen LogP contribution in [-0.2, 0) is 16.0 Å². The highest BCUT2D eigenvalue weighted by Crippen LogP contribution is 2.27. The molecule has 1 atom stereocenters. The Balaban J connectivity index is 1.34. The van der Waals surface area contributed by atoms with Gasteiger partial charge in [-0.25, -0.2) is 9.59 Å². The highest BCUT2D eigenvalue weighted by Gasteiger charge is 2.33. The highest BCUT2D eigenvalue weighted by atomic mass is 32.1. The smallest absolute Gasteiger partial charge is 0.414 e. The molecule has 1 N–H and O–H groups in total. The first-order valence-corrected chi connectivity index (χ1v) is 11.0. The second-order valence-corrected chi connectivity index (χ2v) is 7.95. The van der Waals surface area contributed by atoms with Gasteiger partial charge < -0.3 is 19.7 Å². The molecular formula is C23H26N4O4S. The third-order valence-electron chi connectivity index (χ3n) is 5.41. The van der Waals surface area contributed by atoms with Crippen LogP contribution in [0, 0.1) is 0 Å². The summed E-state index contributed by atoms with van der Waals surface area (Å²) in [6, 6.07) is 17.3. The molecule has 2 aromatic rings. The minimum atomic E-state index is -0.404. The zero-order valence-electron chi connectivity index (χ0n) is 17.9. The number of nitrogens with one attached hydrogen (secondary N) is 1. The lowest BCUT2D eigenvalue weighted by Crippen LogP contribution is -2.34. The maximum Gasteiger partial charge on any atom is 0.414 e. The Bertz CT molecular complexity index is 970. The van der Waals surface area contributed by atoms with E-state index < -0.39 is 6.09 Å². The molecule has 2 saturated heterocycles. The minimum absolute atomic E-state index is 0.0152. The van der Waals surface area contributed by atoms with Crippen molar-refractivity contribution in [1.82, 2.24) is 10.2 Å². The molecule has 2 aliphatic heterocycles. The number of benzene rings is 2. The Hall–Kier alpha value is -3.33. The van der Waals surface area contributed by atoms with Crippen LogP contribution >= 0.6 is 12.2 Å². The predicted molar refractivity (Wildman–Crippen MR) is 126 cm³/mol. The van der Waals surface area contributed by atoms with Crippen LogP contribution in [-0.4, -0.2) is 61.1 Å². The predicted octanol–water partition coefficient (Wildman–Crippen LogP) is 3.37. The quantitative estimate of drug-likeness (QED) is 0.647. The number of amides is 3. The van der Waals surface area contributed by atoms with Crippen molar-refractivity contribution in [1.29, 1.82) is 0 Å². The van der Waals surface area contributed by atoms with Crippen molar-refractivity contribution in [3.05, 3.63) is 60.2 Å². The molecule has 2 fully saturated rings. The van der Waals surface area contributed by atoms with Gasteiger partial charge in [0.25, 0.3) is 5.17 Å². The summed E-state index contributed by atoms with van der Waals surface area (Å²) in [7, 11) is 0. The number of ether oxygens (including phenoxy) is 2. The van der Waals surface area contributed by atoms with E-state index in [2.05, 4.69) is 5.32 Å². The zero-order valence-corrected chi connectivity index (χ0v) is 18.7. The average molecular weight is 455 g/mol. The van der Waals surface area contributed by atoms with Crippen LogP contribution in [0.3, 0.4) is 0 Å². The molecule has 2 aliphatic rings. The molecule has 0 aromatic heterocycles. The highest BCUT2D eigenvalue weighted by molar-refractivity contribution is 7.80. The largest absolute Gasteiger partial charge is 0.471 e. The van der Waals surface area contributed by atoms with Crippen molar-refractivity contribution >= 4 is 40.9 Å². The molecule has 4 rings (SSSR count). The Kier molecular flexibility index (Phi) is 6.75. The Morgan fingerprint density at radius 2 is 1.75 bits per heavy atom. The Labute approximate surface area is 192 Å². The van der Waals surface area contributed by atoms with Gasteiger partial charge in [0.1, 0.15) is 6.10 Å². The first-order valence-electron chi connectivity index (χ1n) is 10.6. The van der Waals surface area contributed by atoms with Crippen molar-refractivity contribution in [3.8, 4) is 0 Å². The molecule has 0 saturated carbocycles. The van der Waals surface area contributed by atoms with Gasteiger partial charge in [-0.1, -0.05) is 30.3 Å². The molecule has 3 amide bonds. The van der Waals surface area contributed by atoms with Crippen LogP contribution in [0.2, 0.25) is 0 Å². The van der Waals surface area contributed by atoms with Gasteiger partial charge >= 0.3 is 12.1 Å². The summed E-state index contributed by atoms with van der Waals surface area (Å²) < 4.78 is 10.6. The molecular weight excluding hydrogens is 428 g/mol. The first kappa shape index (κ1) is 21.9. The summed E-state index contributed by atoms with van der Waals surface area (Å²) >= 11 is 5.04. The second-order valence-electron chi connectivity index (χ2n) is 7.58. The molecule has 0 spiro atoms. The normalized spacial score (nSPS) is 18.2. The maximum absolute atomic E-state index is 12.9. The van der Waals surface area contributed by atoms with Gasteiger partial charge in [0.05, 0.1) is 19.7 Å². The molecule has 2 aromatic carbocycles. The van der Waals surface area contributed by atoms with E-state index >= 15 is 0 Å². The summed E-state index contributed by atoms with van der Waals surface area (Å²) in [5.41, 5.74) is 2.64. The number of urea groups is 1. The van der Waals surface area contributed by atoms with Crippen LogP contribution in [0.15, 0.2) is 54.6 Å². The SMILES string of the molecule is CCOC(=S)NC[C@H]1CN(c2ccc(N3CCN(Cc4ccccc4)C3=O)cc2)C(=O)O1. The van der Waals surface area contributed by atoms with E-state index in [-0.39, 0.29) is 12.1 Å². The lowest BCUT2D eigenvalue weighted by atomic mass is 10.2. The second kappa shape index (κ2) is 9.86. The fourth-order valence-corrected chi connectivity index (χ4v) is 4.00. The van der Waals surface area contributed by atoms with Crippen molar-refractivity contribution < 1.29 is 19.1 Å². The topological polar surface area (TPSA) is 74.4 Å². The van der Waals surface area contributed by atoms with E-state index in [9.17, 15) is 9.59 Å². The van der Waals surface area contributed by atoms with Crippen LogP contribution in [0.4, 0.5) is 21.0 Å². The molecule has 32 heavy (non-hydrogen) atoms. The number of anilines is 2. The lowest BCUT2D eigenvalue weighted by molar-refractivity contribution is 0.141. The molecule has 0 aliphatic carbocycles. The van der Waals surface area contributed by atoms with E-state index in [0.29, 0.717) is 44.5 Å². The molecule has 168 valence electrons. The average Bonchev–Trinajstić information content (AvgIpc) is 3.36. The van der Waals surface area contributed by atoms with Gasteiger partial charge in [-0.05, 0) is 49.0 Å². The van der Waals surface area contributed by atoms with Crippen LogP contribution in [0.5, 0.6) is 0 Å². The van der Waals surface area contributed by atoms with Gasteiger partial charge in [-0.2, -0.15) is 0 Å². The van der Waals surface area contributed by atoms with Crippen molar-refractivity contribution in [2.24, 2.45) is 0 Å². The Morgan fingerprint density at radius 1 is 1.06 bits per heavy atom. The number of carbonyl (C=O) groups excluding carboxylic acids is 2. The van der Waals surface area contributed by atoms with Gasteiger partial charge in [-0.3, -0.25) is 9.80 Å². The number of hydrogen-bond acceptors (Lipinski definition) is 5.